The average molecular weight is 268 g/mol. The molecule has 6 nitrogen and oxygen atoms in total. The van der Waals surface area contributed by atoms with Gasteiger partial charge in [-0.05, 0) is 12.8 Å². The van der Waals surface area contributed by atoms with Crippen molar-refractivity contribution in [2.24, 2.45) is 0 Å². The molecule has 0 aromatic carbocycles. The van der Waals surface area contributed by atoms with Crippen LogP contribution in [-0.2, 0) is 4.79 Å². The Balaban J connectivity index is 0. The Labute approximate surface area is 113 Å². The number of rotatable bonds is 7. The maximum atomic E-state index is 9.88. The molecule has 0 radical (unpaired) electrons. The standard InChI is InChI=1S/C8H18O2.C5H2N2O2/c1-2-3-4-5-6-7-8(9)10;6-2-1-4(3-7)5(8)9/h8-10H,2-7H2,1H3;1H,(H,8,9). The highest BCUT2D eigenvalue weighted by atomic mass is 16.5. The minimum absolute atomic E-state index is 0.531. The number of aliphatic hydroxyl groups is 2. The Morgan fingerprint density at radius 3 is 2.11 bits per heavy atom. The van der Waals surface area contributed by atoms with E-state index in [1.165, 1.54) is 31.4 Å². The highest BCUT2D eigenvalue weighted by molar-refractivity contribution is 5.91. The van der Waals surface area contributed by atoms with Gasteiger partial charge in [0.15, 0.2) is 6.29 Å². The monoisotopic (exact) mass is 268 g/mol. The van der Waals surface area contributed by atoms with Crippen molar-refractivity contribution in [3.63, 3.8) is 0 Å². The first kappa shape index (κ1) is 19.4. The largest absolute Gasteiger partial charge is 0.477 e. The van der Waals surface area contributed by atoms with E-state index in [-0.39, 0.29) is 0 Å². The molecule has 0 aliphatic heterocycles. The lowest BCUT2D eigenvalue weighted by Crippen LogP contribution is -2.02. The van der Waals surface area contributed by atoms with Crippen molar-refractivity contribution in [1.29, 1.82) is 10.5 Å². The Kier molecular flexibility index (Phi) is 14.5. The van der Waals surface area contributed by atoms with Gasteiger partial charge >= 0.3 is 5.97 Å². The average Bonchev–Trinajstić information content (AvgIpc) is 2.35. The summed E-state index contributed by atoms with van der Waals surface area (Å²) in [4.78, 5) is 9.88. The van der Waals surface area contributed by atoms with Crippen LogP contribution in [0.15, 0.2) is 11.6 Å². The number of allylic oxidation sites excluding steroid dienone is 1. The fourth-order valence-electron chi connectivity index (χ4n) is 1.14. The summed E-state index contributed by atoms with van der Waals surface area (Å²) in [7, 11) is 0. The number of aliphatic carboxylic acids is 1. The molecule has 0 aliphatic carbocycles. The maximum Gasteiger partial charge on any atom is 0.347 e. The van der Waals surface area contributed by atoms with Crippen molar-refractivity contribution >= 4 is 5.97 Å². The summed E-state index contributed by atoms with van der Waals surface area (Å²) in [5.74, 6) is -1.38. The molecule has 0 rings (SSSR count). The Morgan fingerprint density at radius 2 is 1.79 bits per heavy atom. The van der Waals surface area contributed by atoms with Crippen LogP contribution in [0.4, 0.5) is 0 Å². The summed E-state index contributed by atoms with van der Waals surface area (Å²) >= 11 is 0. The number of hydrogen-bond donors (Lipinski definition) is 3. The van der Waals surface area contributed by atoms with E-state index >= 15 is 0 Å². The Hall–Kier alpha value is -1.89. The van der Waals surface area contributed by atoms with Crippen molar-refractivity contribution in [3.05, 3.63) is 11.6 Å². The van der Waals surface area contributed by atoms with E-state index in [1.807, 2.05) is 0 Å². The van der Waals surface area contributed by atoms with Gasteiger partial charge in [0.25, 0.3) is 0 Å². The fraction of sp³-hybridized carbons (Fsp3) is 0.615. The fourth-order valence-corrected chi connectivity index (χ4v) is 1.14. The molecule has 106 valence electrons. The van der Waals surface area contributed by atoms with Crippen molar-refractivity contribution in [1.82, 2.24) is 0 Å². The van der Waals surface area contributed by atoms with E-state index < -0.39 is 17.8 Å². The first-order valence-electron chi connectivity index (χ1n) is 6.08. The molecule has 0 saturated heterocycles. The molecule has 6 heteroatoms. The van der Waals surface area contributed by atoms with Crippen LogP contribution in [0.5, 0.6) is 0 Å². The van der Waals surface area contributed by atoms with Crippen molar-refractivity contribution in [3.8, 4) is 12.1 Å². The topological polar surface area (TPSA) is 125 Å². The van der Waals surface area contributed by atoms with Gasteiger partial charge in [0, 0.05) is 6.08 Å². The summed E-state index contributed by atoms with van der Waals surface area (Å²) in [6, 6.07) is 2.78. The van der Waals surface area contributed by atoms with E-state index in [1.54, 1.807) is 0 Å². The zero-order chi connectivity index (χ0) is 15.1. The number of nitrogens with zero attached hydrogens (tertiary/aromatic N) is 2. The summed E-state index contributed by atoms with van der Waals surface area (Å²) < 4.78 is 0. The van der Waals surface area contributed by atoms with Crippen LogP contribution in [0.2, 0.25) is 0 Å². The van der Waals surface area contributed by atoms with Gasteiger partial charge in [0.2, 0.25) is 0 Å². The molecule has 0 amide bonds. The van der Waals surface area contributed by atoms with Crippen LogP contribution in [0, 0.1) is 22.7 Å². The number of aliphatic hydroxyl groups excluding tert-OH is 1. The van der Waals surface area contributed by atoms with E-state index in [4.69, 9.17) is 25.8 Å². The van der Waals surface area contributed by atoms with Gasteiger partial charge in [-0.15, -0.1) is 0 Å². The number of hydrogen-bond acceptors (Lipinski definition) is 5. The summed E-state index contributed by atoms with van der Waals surface area (Å²) in [6.45, 7) is 2.17. The van der Waals surface area contributed by atoms with Gasteiger partial charge in [-0.1, -0.05) is 32.6 Å². The van der Waals surface area contributed by atoms with Gasteiger partial charge in [-0.3, -0.25) is 0 Å². The first-order chi connectivity index (χ1) is 8.99. The second-order valence-electron chi connectivity index (χ2n) is 3.79. The SMILES string of the molecule is CCCCCCCC(O)O.N#CC=C(C#N)C(=O)O. The molecule has 0 spiro atoms. The summed E-state index contributed by atoms with van der Waals surface area (Å²) in [5.41, 5.74) is -0.544. The lowest BCUT2D eigenvalue weighted by Gasteiger charge is -2.01. The van der Waals surface area contributed by atoms with Gasteiger partial charge < -0.3 is 15.3 Å². The van der Waals surface area contributed by atoms with Crippen molar-refractivity contribution in [2.45, 2.75) is 51.7 Å². The molecule has 0 atom stereocenters. The first-order valence-corrected chi connectivity index (χ1v) is 6.08. The quantitative estimate of drug-likeness (QED) is 0.279. The summed E-state index contributed by atoms with van der Waals surface area (Å²) in [5, 5.41) is 40.8. The van der Waals surface area contributed by atoms with Crippen molar-refractivity contribution in [2.75, 3.05) is 0 Å². The Bertz CT molecular complexity index is 351. The molecule has 0 aliphatic rings. The number of carboxylic acids is 1. The second kappa shape index (κ2) is 14.2. The number of carbonyl (C=O) groups is 1. The third-order valence-corrected chi connectivity index (χ3v) is 2.13. The normalized spacial score (nSPS) is 10.1. The smallest absolute Gasteiger partial charge is 0.347 e. The van der Waals surface area contributed by atoms with Crippen LogP contribution >= 0.6 is 0 Å². The summed E-state index contributed by atoms with van der Waals surface area (Å²) in [6.07, 6.45) is 5.92. The molecule has 0 fully saturated rings. The van der Waals surface area contributed by atoms with Gasteiger partial charge in [0.1, 0.15) is 11.6 Å². The third kappa shape index (κ3) is 16.1. The molecular formula is C13H20N2O4. The zero-order valence-corrected chi connectivity index (χ0v) is 11.0. The highest BCUT2D eigenvalue weighted by Gasteiger charge is 2.02. The lowest BCUT2D eigenvalue weighted by atomic mass is 10.1. The number of carboxylic acid groups (broad SMARTS) is 1. The lowest BCUT2D eigenvalue weighted by molar-refractivity contribution is -0.132. The maximum absolute atomic E-state index is 9.88. The van der Waals surface area contributed by atoms with Gasteiger partial charge in [-0.2, -0.15) is 10.5 Å². The molecule has 0 saturated carbocycles. The van der Waals surface area contributed by atoms with Crippen molar-refractivity contribution < 1.29 is 20.1 Å². The second-order valence-corrected chi connectivity index (χ2v) is 3.79. The molecule has 0 bridgehead atoms. The predicted molar refractivity (Wildman–Crippen MR) is 68.5 cm³/mol. The number of nitriles is 2. The van der Waals surface area contributed by atoms with Crippen LogP contribution in [0.25, 0.3) is 0 Å². The Morgan fingerprint density at radius 1 is 1.21 bits per heavy atom. The zero-order valence-electron chi connectivity index (χ0n) is 11.0. The molecule has 0 heterocycles. The molecular weight excluding hydrogens is 248 g/mol. The van der Waals surface area contributed by atoms with E-state index in [9.17, 15) is 4.79 Å². The minimum atomic E-state index is -1.38. The number of unbranched alkanes of at least 4 members (excludes halogenated alkanes) is 4. The van der Waals surface area contributed by atoms with E-state index in [2.05, 4.69) is 6.92 Å². The molecule has 0 unspecified atom stereocenters. The predicted octanol–water partition coefficient (Wildman–Crippen LogP) is 1.70. The van der Waals surface area contributed by atoms with Crippen LogP contribution < -0.4 is 0 Å². The van der Waals surface area contributed by atoms with Crippen LogP contribution in [-0.4, -0.2) is 27.6 Å². The molecule has 0 aromatic rings. The molecule has 3 N–H and O–H groups in total. The van der Waals surface area contributed by atoms with Gasteiger partial charge in [0.05, 0.1) is 6.07 Å². The van der Waals surface area contributed by atoms with Crippen LogP contribution in [0.1, 0.15) is 45.4 Å². The van der Waals surface area contributed by atoms with Gasteiger partial charge in [-0.25, -0.2) is 4.79 Å². The third-order valence-electron chi connectivity index (χ3n) is 2.13. The van der Waals surface area contributed by atoms with E-state index in [0.717, 1.165) is 12.8 Å². The van der Waals surface area contributed by atoms with Crippen LogP contribution in [0.3, 0.4) is 0 Å². The minimum Gasteiger partial charge on any atom is -0.477 e. The molecule has 19 heavy (non-hydrogen) atoms. The molecule has 0 aromatic heterocycles. The highest BCUT2D eigenvalue weighted by Crippen LogP contribution is 2.05. The van der Waals surface area contributed by atoms with E-state index in [0.29, 0.717) is 12.5 Å².